The third kappa shape index (κ3) is 4.66. The van der Waals surface area contributed by atoms with E-state index in [0.29, 0.717) is 23.2 Å². The molecule has 4 rings (SSSR count). The molecule has 0 saturated carbocycles. The van der Waals surface area contributed by atoms with E-state index in [-0.39, 0.29) is 11.6 Å². The van der Waals surface area contributed by atoms with Crippen molar-refractivity contribution in [3.05, 3.63) is 83.1 Å². The lowest BCUT2D eigenvalue weighted by Crippen LogP contribution is -2.28. The Morgan fingerprint density at radius 2 is 1.48 bits per heavy atom. The molecule has 2 heterocycles. The van der Waals surface area contributed by atoms with Crippen LogP contribution < -0.4 is 5.32 Å². The smallest absolute Gasteiger partial charge is 0.270 e. The van der Waals surface area contributed by atoms with Crippen LogP contribution >= 0.6 is 0 Å². The van der Waals surface area contributed by atoms with Gasteiger partial charge in [-0.1, -0.05) is 64.8 Å². The quantitative estimate of drug-likeness (QED) is 0.513. The summed E-state index contributed by atoms with van der Waals surface area (Å²) < 4.78 is 5.16. The fourth-order valence-electron chi connectivity index (χ4n) is 3.09. The Kier molecular flexibility index (Phi) is 5.58. The summed E-state index contributed by atoms with van der Waals surface area (Å²) >= 11 is 0. The molecule has 31 heavy (non-hydrogen) atoms. The summed E-state index contributed by atoms with van der Waals surface area (Å²) in [6.45, 7) is 7.56. The molecule has 0 radical (unpaired) electrons. The van der Waals surface area contributed by atoms with Gasteiger partial charge < -0.3 is 9.84 Å². The Bertz CT molecular complexity index is 1150. The molecule has 0 saturated heterocycles. The van der Waals surface area contributed by atoms with Crippen LogP contribution in [-0.2, 0) is 0 Å². The molecule has 1 N–H and O–H groups in total. The molecule has 7 nitrogen and oxygen atoms in total. The SMILES string of the molecule is Cc1ccc(-c2cc(C(=O)N[C@H](C)c3nc(C)no3)nc(-c3ccc(C)cc3)n2)cc1. The second kappa shape index (κ2) is 8.47. The molecule has 0 bridgehead atoms. The normalized spacial score (nSPS) is 11.9. The monoisotopic (exact) mass is 413 g/mol. The minimum atomic E-state index is -0.450. The molecule has 7 heteroatoms. The van der Waals surface area contributed by atoms with Crippen molar-refractivity contribution >= 4 is 5.91 Å². The molecule has 2 aromatic carbocycles. The lowest BCUT2D eigenvalue weighted by Gasteiger charge is -2.12. The largest absolute Gasteiger partial charge is 0.339 e. The first kappa shape index (κ1) is 20.4. The predicted octanol–water partition coefficient (Wildman–Crippen LogP) is 4.61. The summed E-state index contributed by atoms with van der Waals surface area (Å²) in [5.41, 5.74) is 4.99. The van der Waals surface area contributed by atoms with E-state index in [9.17, 15) is 4.79 Å². The van der Waals surface area contributed by atoms with Crippen LogP contribution in [0.5, 0.6) is 0 Å². The maximum absolute atomic E-state index is 13.0. The Balaban J connectivity index is 1.72. The van der Waals surface area contributed by atoms with Crippen molar-refractivity contribution in [3.63, 3.8) is 0 Å². The van der Waals surface area contributed by atoms with Gasteiger partial charge >= 0.3 is 0 Å². The van der Waals surface area contributed by atoms with Gasteiger partial charge in [-0.3, -0.25) is 4.79 Å². The number of amides is 1. The lowest BCUT2D eigenvalue weighted by atomic mass is 10.1. The zero-order valence-electron chi connectivity index (χ0n) is 17.9. The van der Waals surface area contributed by atoms with Crippen LogP contribution in [0.1, 0.15) is 46.3 Å². The molecule has 0 fully saturated rings. The number of hydrogen-bond acceptors (Lipinski definition) is 6. The number of nitrogens with zero attached hydrogens (tertiary/aromatic N) is 4. The summed E-state index contributed by atoms with van der Waals surface area (Å²) in [5, 5.41) is 6.65. The van der Waals surface area contributed by atoms with E-state index in [1.54, 1.807) is 19.9 Å². The van der Waals surface area contributed by atoms with Crippen LogP contribution in [0.15, 0.2) is 59.1 Å². The fraction of sp³-hybridized carbons (Fsp3) is 0.208. The maximum Gasteiger partial charge on any atom is 0.270 e. The van der Waals surface area contributed by atoms with Crippen molar-refractivity contribution in [1.29, 1.82) is 0 Å². The van der Waals surface area contributed by atoms with Gasteiger partial charge in [-0.2, -0.15) is 4.98 Å². The van der Waals surface area contributed by atoms with E-state index in [2.05, 4.69) is 20.4 Å². The highest BCUT2D eigenvalue weighted by atomic mass is 16.5. The number of aromatic nitrogens is 4. The molecule has 1 atom stereocenters. The molecule has 156 valence electrons. The zero-order valence-corrected chi connectivity index (χ0v) is 17.9. The second-order valence-corrected chi connectivity index (χ2v) is 7.57. The van der Waals surface area contributed by atoms with Gasteiger partial charge in [0.05, 0.1) is 5.69 Å². The van der Waals surface area contributed by atoms with E-state index < -0.39 is 6.04 Å². The topological polar surface area (TPSA) is 93.8 Å². The molecule has 0 aliphatic rings. The van der Waals surface area contributed by atoms with Crippen LogP contribution in [-0.4, -0.2) is 26.0 Å². The van der Waals surface area contributed by atoms with Crippen molar-refractivity contribution in [2.75, 3.05) is 0 Å². The number of carbonyl (C=O) groups excluding carboxylic acids is 1. The average Bonchev–Trinajstić information content (AvgIpc) is 3.21. The van der Waals surface area contributed by atoms with Crippen molar-refractivity contribution in [2.24, 2.45) is 0 Å². The van der Waals surface area contributed by atoms with Crippen molar-refractivity contribution in [1.82, 2.24) is 25.4 Å². The van der Waals surface area contributed by atoms with E-state index in [1.807, 2.05) is 62.4 Å². The first-order chi connectivity index (χ1) is 14.9. The third-order valence-electron chi connectivity index (χ3n) is 4.88. The molecular formula is C24H23N5O2. The first-order valence-electron chi connectivity index (χ1n) is 10.0. The highest BCUT2D eigenvalue weighted by molar-refractivity contribution is 5.94. The molecule has 0 aliphatic carbocycles. The van der Waals surface area contributed by atoms with Gasteiger partial charge in [0.25, 0.3) is 5.91 Å². The van der Waals surface area contributed by atoms with Gasteiger partial charge in [-0.05, 0) is 33.8 Å². The van der Waals surface area contributed by atoms with Crippen LogP contribution in [0.4, 0.5) is 0 Å². The van der Waals surface area contributed by atoms with Gasteiger partial charge in [0, 0.05) is 11.1 Å². The minimum absolute atomic E-state index is 0.268. The molecule has 2 aromatic heterocycles. The van der Waals surface area contributed by atoms with Gasteiger partial charge in [0.15, 0.2) is 11.6 Å². The third-order valence-corrected chi connectivity index (χ3v) is 4.88. The second-order valence-electron chi connectivity index (χ2n) is 7.57. The first-order valence-corrected chi connectivity index (χ1v) is 10.0. The van der Waals surface area contributed by atoms with Crippen LogP contribution in [0.3, 0.4) is 0 Å². The molecule has 0 aliphatic heterocycles. The number of aryl methyl sites for hydroxylation is 3. The molecule has 0 unspecified atom stereocenters. The van der Waals surface area contributed by atoms with Crippen LogP contribution in [0, 0.1) is 20.8 Å². The summed E-state index contributed by atoms with van der Waals surface area (Å²) in [6, 6.07) is 17.2. The van der Waals surface area contributed by atoms with E-state index in [1.165, 1.54) is 0 Å². The lowest BCUT2D eigenvalue weighted by molar-refractivity contribution is 0.0927. The zero-order chi connectivity index (χ0) is 22.0. The Morgan fingerprint density at radius 3 is 2.06 bits per heavy atom. The van der Waals surface area contributed by atoms with Crippen molar-refractivity contribution in [3.8, 4) is 22.6 Å². The number of benzene rings is 2. The minimum Gasteiger partial charge on any atom is -0.339 e. The van der Waals surface area contributed by atoms with Gasteiger partial charge in [0.2, 0.25) is 5.89 Å². The number of carbonyl (C=O) groups is 1. The van der Waals surface area contributed by atoms with E-state index >= 15 is 0 Å². The average molecular weight is 413 g/mol. The standard InChI is InChI=1S/C24H23N5O2/c1-14-5-9-18(10-6-14)20-13-21(23(30)25-16(3)24-26-17(4)29-31-24)28-22(27-20)19-11-7-15(2)8-12-19/h5-13,16H,1-4H3,(H,25,30)/t16-/m1/s1. The summed E-state index contributed by atoms with van der Waals surface area (Å²) in [6.07, 6.45) is 0. The van der Waals surface area contributed by atoms with Gasteiger partial charge in [0.1, 0.15) is 11.7 Å². The van der Waals surface area contributed by atoms with Gasteiger partial charge in [-0.25, -0.2) is 9.97 Å². The maximum atomic E-state index is 13.0. The molecular weight excluding hydrogens is 390 g/mol. The summed E-state index contributed by atoms with van der Waals surface area (Å²) in [7, 11) is 0. The van der Waals surface area contributed by atoms with Crippen LogP contribution in [0.2, 0.25) is 0 Å². The Morgan fingerprint density at radius 1 is 0.871 bits per heavy atom. The van der Waals surface area contributed by atoms with E-state index in [0.717, 1.165) is 22.3 Å². The predicted molar refractivity (Wildman–Crippen MR) is 117 cm³/mol. The highest BCUT2D eigenvalue weighted by Gasteiger charge is 2.19. The highest BCUT2D eigenvalue weighted by Crippen LogP contribution is 2.24. The Labute approximate surface area is 180 Å². The molecule has 4 aromatic rings. The summed E-state index contributed by atoms with van der Waals surface area (Å²) in [4.78, 5) is 26.5. The summed E-state index contributed by atoms with van der Waals surface area (Å²) in [5.74, 6) is 1.01. The van der Waals surface area contributed by atoms with Gasteiger partial charge in [-0.15, -0.1) is 0 Å². The fourth-order valence-corrected chi connectivity index (χ4v) is 3.09. The molecule has 1 amide bonds. The van der Waals surface area contributed by atoms with E-state index in [4.69, 9.17) is 9.51 Å². The van der Waals surface area contributed by atoms with Crippen molar-refractivity contribution in [2.45, 2.75) is 33.7 Å². The number of rotatable bonds is 5. The van der Waals surface area contributed by atoms with Crippen LogP contribution in [0.25, 0.3) is 22.6 Å². The number of hydrogen-bond donors (Lipinski definition) is 1. The number of nitrogens with one attached hydrogen (secondary N) is 1. The molecule has 0 spiro atoms. The Hall–Kier alpha value is -3.87. The van der Waals surface area contributed by atoms with Crippen molar-refractivity contribution < 1.29 is 9.32 Å².